The second-order valence-corrected chi connectivity index (χ2v) is 6.80. The molecule has 1 aromatic heterocycles. The Kier molecular flexibility index (Phi) is 3.67. The van der Waals surface area contributed by atoms with Crippen LogP contribution >= 0.6 is 0 Å². The quantitative estimate of drug-likeness (QED) is 0.860. The van der Waals surface area contributed by atoms with Gasteiger partial charge in [-0.3, -0.25) is 4.90 Å². The molecule has 1 aliphatic carbocycles. The smallest absolute Gasteiger partial charge is 0.115 e. The van der Waals surface area contributed by atoms with E-state index in [0.29, 0.717) is 0 Å². The maximum Gasteiger partial charge on any atom is 0.115 e. The van der Waals surface area contributed by atoms with E-state index in [1.165, 1.54) is 43.4 Å². The van der Waals surface area contributed by atoms with Crippen molar-refractivity contribution in [3.05, 3.63) is 48.5 Å². The Morgan fingerprint density at radius 2 is 1.73 bits per heavy atom. The van der Waals surface area contributed by atoms with Gasteiger partial charge in [0, 0.05) is 30.0 Å². The minimum Gasteiger partial charge on any atom is -0.298 e. The normalized spacial score (nSPS) is 28.5. The zero-order valence-electron chi connectivity index (χ0n) is 13.2. The molecule has 0 bridgehead atoms. The van der Waals surface area contributed by atoms with Crippen molar-refractivity contribution in [2.75, 3.05) is 6.54 Å². The zero-order valence-corrected chi connectivity index (χ0v) is 13.2. The topological polar surface area (TPSA) is 29.0 Å². The van der Waals surface area contributed by atoms with Gasteiger partial charge in [0.2, 0.25) is 0 Å². The van der Waals surface area contributed by atoms with Gasteiger partial charge in [0.15, 0.2) is 0 Å². The van der Waals surface area contributed by atoms with Crippen molar-refractivity contribution in [2.45, 2.75) is 50.6 Å². The molecular weight excluding hydrogens is 270 g/mol. The maximum atomic E-state index is 4.09. The van der Waals surface area contributed by atoms with Crippen LogP contribution in [0.2, 0.25) is 0 Å². The fraction of sp³-hybridized carbons (Fsp3) is 0.474. The molecule has 0 spiro atoms. The van der Waals surface area contributed by atoms with Gasteiger partial charge < -0.3 is 0 Å². The number of benzene rings is 1. The molecule has 2 aliphatic rings. The monoisotopic (exact) mass is 293 g/mol. The molecule has 0 N–H and O–H groups in total. The number of likely N-dealkylation sites (tertiary alicyclic amines) is 1. The van der Waals surface area contributed by atoms with E-state index in [4.69, 9.17) is 0 Å². The highest BCUT2D eigenvalue weighted by molar-refractivity contribution is 5.61. The van der Waals surface area contributed by atoms with Crippen LogP contribution in [-0.2, 0) is 0 Å². The molecule has 3 heteroatoms. The second kappa shape index (κ2) is 5.81. The fourth-order valence-corrected chi connectivity index (χ4v) is 4.02. The second-order valence-electron chi connectivity index (χ2n) is 6.80. The van der Waals surface area contributed by atoms with Gasteiger partial charge in [-0.05, 0) is 56.2 Å². The largest absolute Gasteiger partial charge is 0.298 e. The van der Waals surface area contributed by atoms with E-state index in [0.717, 1.165) is 23.6 Å². The van der Waals surface area contributed by atoms with E-state index < -0.39 is 0 Å². The van der Waals surface area contributed by atoms with Gasteiger partial charge in [0.1, 0.15) is 6.33 Å². The first-order chi connectivity index (χ1) is 10.8. The lowest BCUT2D eigenvalue weighted by Crippen LogP contribution is -2.45. The van der Waals surface area contributed by atoms with Crippen molar-refractivity contribution in [3.8, 4) is 11.1 Å². The molecule has 2 aromatic rings. The number of rotatable bonds is 3. The highest BCUT2D eigenvalue weighted by atomic mass is 15.2. The summed E-state index contributed by atoms with van der Waals surface area (Å²) in [7, 11) is 0. The van der Waals surface area contributed by atoms with Crippen LogP contribution in [0, 0.1) is 0 Å². The number of hydrogen-bond acceptors (Lipinski definition) is 3. The average molecular weight is 293 g/mol. The van der Waals surface area contributed by atoms with Gasteiger partial charge in [0.25, 0.3) is 0 Å². The van der Waals surface area contributed by atoms with E-state index in [9.17, 15) is 0 Å². The zero-order chi connectivity index (χ0) is 14.9. The first-order valence-electron chi connectivity index (χ1n) is 8.42. The number of nitrogens with zero attached hydrogens (tertiary/aromatic N) is 3. The molecule has 3 nitrogen and oxygen atoms in total. The van der Waals surface area contributed by atoms with E-state index in [-0.39, 0.29) is 0 Å². The maximum absolute atomic E-state index is 4.09. The third kappa shape index (κ3) is 2.54. The van der Waals surface area contributed by atoms with Crippen LogP contribution in [0.15, 0.2) is 43.0 Å². The Balaban J connectivity index is 1.41. The molecule has 4 rings (SSSR count). The predicted molar refractivity (Wildman–Crippen MR) is 88.6 cm³/mol. The van der Waals surface area contributed by atoms with Gasteiger partial charge in [-0.25, -0.2) is 9.97 Å². The minimum atomic E-state index is 0.749. The summed E-state index contributed by atoms with van der Waals surface area (Å²) >= 11 is 0. The lowest BCUT2D eigenvalue weighted by molar-refractivity contribution is 0.103. The van der Waals surface area contributed by atoms with Gasteiger partial charge in [0.05, 0.1) is 0 Å². The van der Waals surface area contributed by atoms with Crippen LogP contribution in [0.5, 0.6) is 0 Å². The molecule has 114 valence electrons. The van der Waals surface area contributed by atoms with Gasteiger partial charge in [-0.1, -0.05) is 24.3 Å². The van der Waals surface area contributed by atoms with Crippen LogP contribution in [0.4, 0.5) is 0 Å². The summed E-state index contributed by atoms with van der Waals surface area (Å²) < 4.78 is 0. The summed E-state index contributed by atoms with van der Waals surface area (Å²) in [6.45, 7) is 3.70. The van der Waals surface area contributed by atoms with Crippen LogP contribution < -0.4 is 0 Å². The molecule has 22 heavy (non-hydrogen) atoms. The fourth-order valence-electron chi connectivity index (χ4n) is 4.02. The average Bonchev–Trinajstić information content (AvgIpc) is 2.94. The summed E-state index contributed by atoms with van der Waals surface area (Å²) in [5.41, 5.74) is 3.78. The van der Waals surface area contributed by atoms with Crippen LogP contribution in [-0.4, -0.2) is 33.5 Å². The van der Waals surface area contributed by atoms with Crippen LogP contribution in [0.25, 0.3) is 11.1 Å². The van der Waals surface area contributed by atoms with Gasteiger partial charge in [-0.2, -0.15) is 0 Å². The van der Waals surface area contributed by atoms with E-state index in [1.807, 2.05) is 12.4 Å². The Bertz CT molecular complexity index is 617. The van der Waals surface area contributed by atoms with Gasteiger partial charge >= 0.3 is 0 Å². The Morgan fingerprint density at radius 1 is 1.00 bits per heavy atom. The lowest BCUT2D eigenvalue weighted by Gasteiger charge is -2.43. The first-order valence-corrected chi connectivity index (χ1v) is 8.42. The Morgan fingerprint density at radius 3 is 2.36 bits per heavy atom. The third-order valence-electron chi connectivity index (χ3n) is 5.46. The van der Waals surface area contributed by atoms with E-state index in [2.05, 4.69) is 46.1 Å². The summed E-state index contributed by atoms with van der Waals surface area (Å²) in [5, 5.41) is 0. The third-order valence-corrected chi connectivity index (χ3v) is 5.46. The molecule has 0 unspecified atom stereocenters. The summed E-state index contributed by atoms with van der Waals surface area (Å²) in [6, 6.07) is 10.6. The molecule has 1 aromatic carbocycles. The summed E-state index contributed by atoms with van der Waals surface area (Å²) in [5.74, 6) is 0.749. The SMILES string of the molecule is C[C@H]1CCCN1C1CC(c2ccc(-c3cncnc3)cc2)C1. The van der Waals surface area contributed by atoms with E-state index >= 15 is 0 Å². The van der Waals surface area contributed by atoms with Crippen molar-refractivity contribution in [1.82, 2.24) is 14.9 Å². The van der Waals surface area contributed by atoms with Crippen molar-refractivity contribution in [1.29, 1.82) is 0 Å². The molecule has 1 saturated carbocycles. The minimum absolute atomic E-state index is 0.749. The molecule has 0 amide bonds. The highest BCUT2D eigenvalue weighted by Crippen LogP contribution is 2.42. The van der Waals surface area contributed by atoms with Crippen LogP contribution in [0.1, 0.15) is 44.1 Å². The molecule has 1 saturated heterocycles. The number of aromatic nitrogens is 2. The first kappa shape index (κ1) is 13.9. The highest BCUT2D eigenvalue weighted by Gasteiger charge is 2.37. The summed E-state index contributed by atoms with van der Waals surface area (Å²) in [4.78, 5) is 10.9. The van der Waals surface area contributed by atoms with Crippen molar-refractivity contribution in [2.24, 2.45) is 0 Å². The molecule has 1 atom stereocenters. The van der Waals surface area contributed by atoms with Crippen molar-refractivity contribution >= 4 is 0 Å². The van der Waals surface area contributed by atoms with Crippen molar-refractivity contribution in [3.63, 3.8) is 0 Å². The summed E-state index contributed by atoms with van der Waals surface area (Å²) in [6.07, 6.45) is 10.7. The molecular formula is C19H23N3. The number of hydrogen-bond donors (Lipinski definition) is 0. The van der Waals surface area contributed by atoms with Crippen LogP contribution in [0.3, 0.4) is 0 Å². The Labute approximate surface area is 132 Å². The molecule has 2 fully saturated rings. The van der Waals surface area contributed by atoms with Gasteiger partial charge in [-0.15, -0.1) is 0 Å². The molecule has 2 heterocycles. The predicted octanol–water partition coefficient (Wildman–Crippen LogP) is 3.87. The van der Waals surface area contributed by atoms with Crippen molar-refractivity contribution < 1.29 is 0 Å². The molecule has 1 aliphatic heterocycles. The molecule has 0 radical (unpaired) electrons. The Hall–Kier alpha value is -1.74. The van der Waals surface area contributed by atoms with E-state index in [1.54, 1.807) is 6.33 Å². The lowest BCUT2D eigenvalue weighted by atomic mass is 9.74. The standard InChI is InChI=1S/C19H23N3/c1-14-3-2-8-22(14)19-9-17(10-19)15-4-6-16(7-5-15)18-11-20-13-21-12-18/h4-7,11-14,17,19H,2-3,8-10H2,1H3/t14-,17?,19?/m0/s1.